The molecule has 0 aliphatic heterocycles. The van der Waals surface area contributed by atoms with Gasteiger partial charge in [0.2, 0.25) is 5.88 Å². The summed E-state index contributed by atoms with van der Waals surface area (Å²) in [4.78, 5) is 4.36. The summed E-state index contributed by atoms with van der Waals surface area (Å²) in [5.74, 6) is 0.631. The Labute approximate surface area is 101 Å². The van der Waals surface area contributed by atoms with Crippen LogP contribution in [0.1, 0.15) is 38.1 Å². The summed E-state index contributed by atoms with van der Waals surface area (Å²) in [5.41, 5.74) is 0.787. The summed E-state index contributed by atoms with van der Waals surface area (Å²) >= 11 is 0. The van der Waals surface area contributed by atoms with Crippen molar-refractivity contribution in [2.24, 2.45) is 0 Å². The van der Waals surface area contributed by atoms with Gasteiger partial charge in [0, 0.05) is 17.6 Å². The Bertz CT molecular complexity index is 514. The third kappa shape index (κ3) is 1.99. The van der Waals surface area contributed by atoms with Crippen molar-refractivity contribution in [2.45, 2.75) is 38.1 Å². The number of fused-ring (bicyclic) bond motifs is 1. The van der Waals surface area contributed by atoms with Gasteiger partial charge in [0.15, 0.2) is 5.65 Å². The average molecular weight is 231 g/mol. The predicted molar refractivity (Wildman–Crippen MR) is 66.2 cm³/mol. The van der Waals surface area contributed by atoms with Crippen LogP contribution in [0, 0.1) is 0 Å². The molecule has 1 aliphatic rings. The number of hydrogen-bond donors (Lipinski definition) is 0. The van der Waals surface area contributed by atoms with Crippen molar-refractivity contribution < 1.29 is 4.74 Å². The summed E-state index contributed by atoms with van der Waals surface area (Å²) in [5, 5.41) is 5.66. The van der Waals surface area contributed by atoms with Gasteiger partial charge >= 0.3 is 0 Å². The van der Waals surface area contributed by atoms with Crippen LogP contribution >= 0.6 is 0 Å². The number of methoxy groups -OCH3 is 1. The molecular weight excluding hydrogens is 214 g/mol. The fourth-order valence-electron chi connectivity index (χ4n) is 2.55. The molecule has 90 valence electrons. The third-order valence-corrected chi connectivity index (χ3v) is 3.52. The van der Waals surface area contributed by atoms with Gasteiger partial charge in [0.25, 0.3) is 0 Å². The van der Waals surface area contributed by atoms with Gasteiger partial charge in [-0.3, -0.25) is 4.68 Å². The van der Waals surface area contributed by atoms with Crippen LogP contribution in [0.3, 0.4) is 0 Å². The summed E-state index contributed by atoms with van der Waals surface area (Å²) in [6.45, 7) is 0. The molecule has 1 aliphatic carbocycles. The van der Waals surface area contributed by atoms with E-state index in [1.54, 1.807) is 7.11 Å². The van der Waals surface area contributed by atoms with E-state index < -0.39 is 0 Å². The Balaban J connectivity index is 1.95. The van der Waals surface area contributed by atoms with Gasteiger partial charge in [-0.15, -0.1) is 0 Å². The minimum absolute atomic E-state index is 0.559. The Morgan fingerprint density at radius 1 is 1.24 bits per heavy atom. The van der Waals surface area contributed by atoms with Gasteiger partial charge in [0.05, 0.1) is 13.2 Å². The Morgan fingerprint density at radius 2 is 2.06 bits per heavy atom. The molecule has 2 aromatic rings. The molecule has 0 amide bonds. The predicted octanol–water partition coefficient (Wildman–Crippen LogP) is 2.95. The summed E-state index contributed by atoms with van der Waals surface area (Å²) < 4.78 is 7.21. The number of aromatic nitrogens is 3. The highest BCUT2D eigenvalue weighted by molar-refractivity contribution is 5.74. The maximum absolute atomic E-state index is 5.12. The molecule has 0 N–H and O–H groups in total. The third-order valence-electron chi connectivity index (χ3n) is 3.52. The highest BCUT2D eigenvalue weighted by Gasteiger charge is 2.16. The first-order valence-electron chi connectivity index (χ1n) is 6.27. The smallest absolute Gasteiger partial charge is 0.215 e. The molecule has 0 aromatic carbocycles. The average Bonchev–Trinajstić information content (AvgIpc) is 2.82. The molecule has 3 rings (SSSR count). The van der Waals surface area contributed by atoms with E-state index in [1.165, 1.54) is 32.1 Å². The zero-order valence-corrected chi connectivity index (χ0v) is 10.1. The molecule has 0 bridgehead atoms. The zero-order chi connectivity index (χ0) is 11.7. The van der Waals surface area contributed by atoms with Crippen molar-refractivity contribution in [3.05, 3.63) is 18.3 Å². The second-order valence-corrected chi connectivity index (χ2v) is 4.67. The Kier molecular flexibility index (Phi) is 2.71. The second-order valence-electron chi connectivity index (χ2n) is 4.67. The largest absolute Gasteiger partial charge is 0.481 e. The van der Waals surface area contributed by atoms with Crippen LogP contribution in [-0.2, 0) is 0 Å². The van der Waals surface area contributed by atoms with Crippen molar-refractivity contribution in [3.8, 4) is 5.88 Å². The molecule has 1 saturated carbocycles. The quantitative estimate of drug-likeness (QED) is 0.797. The van der Waals surface area contributed by atoms with Crippen LogP contribution in [0.4, 0.5) is 0 Å². The monoisotopic (exact) mass is 231 g/mol. The van der Waals surface area contributed by atoms with E-state index in [9.17, 15) is 0 Å². The number of ether oxygens (including phenoxy) is 1. The van der Waals surface area contributed by atoms with E-state index in [-0.39, 0.29) is 0 Å². The minimum Gasteiger partial charge on any atom is -0.481 e. The summed E-state index contributed by atoms with van der Waals surface area (Å²) in [6.07, 6.45) is 8.59. The van der Waals surface area contributed by atoms with E-state index in [1.807, 2.05) is 12.1 Å². The van der Waals surface area contributed by atoms with Crippen molar-refractivity contribution >= 4 is 11.0 Å². The van der Waals surface area contributed by atoms with Crippen LogP contribution in [0.5, 0.6) is 5.88 Å². The lowest BCUT2D eigenvalue weighted by Gasteiger charge is -2.21. The van der Waals surface area contributed by atoms with Crippen LogP contribution in [0.2, 0.25) is 0 Å². The van der Waals surface area contributed by atoms with Crippen LogP contribution in [-0.4, -0.2) is 21.9 Å². The molecular formula is C13H17N3O. The number of pyridine rings is 1. The highest BCUT2D eigenvalue weighted by atomic mass is 16.5. The van der Waals surface area contributed by atoms with E-state index in [2.05, 4.69) is 21.0 Å². The standard InChI is InChI=1S/C13H17N3O/c1-17-12-8-7-10-9-16(15-13(10)14-12)11-5-3-2-4-6-11/h7-9,11H,2-6H2,1H3. The van der Waals surface area contributed by atoms with Gasteiger partial charge in [-0.2, -0.15) is 10.1 Å². The molecule has 2 aromatic heterocycles. The fourth-order valence-corrected chi connectivity index (χ4v) is 2.55. The molecule has 2 heterocycles. The molecule has 17 heavy (non-hydrogen) atoms. The zero-order valence-electron chi connectivity index (χ0n) is 10.1. The van der Waals surface area contributed by atoms with Gasteiger partial charge in [0.1, 0.15) is 0 Å². The van der Waals surface area contributed by atoms with E-state index in [0.717, 1.165) is 11.0 Å². The molecule has 1 fully saturated rings. The van der Waals surface area contributed by atoms with Gasteiger partial charge in [-0.25, -0.2) is 0 Å². The summed E-state index contributed by atoms with van der Waals surface area (Å²) in [6, 6.07) is 4.46. The van der Waals surface area contributed by atoms with Crippen molar-refractivity contribution in [2.75, 3.05) is 7.11 Å². The van der Waals surface area contributed by atoms with Crippen molar-refractivity contribution in [3.63, 3.8) is 0 Å². The molecule has 0 atom stereocenters. The first-order valence-corrected chi connectivity index (χ1v) is 6.27. The normalized spacial score (nSPS) is 17.5. The maximum Gasteiger partial charge on any atom is 0.215 e. The Hall–Kier alpha value is -1.58. The van der Waals surface area contributed by atoms with Crippen LogP contribution in [0.15, 0.2) is 18.3 Å². The topological polar surface area (TPSA) is 39.9 Å². The number of nitrogens with zero attached hydrogens (tertiary/aromatic N) is 3. The first-order chi connectivity index (χ1) is 8.36. The van der Waals surface area contributed by atoms with Crippen molar-refractivity contribution in [1.82, 2.24) is 14.8 Å². The van der Waals surface area contributed by atoms with Crippen LogP contribution < -0.4 is 4.74 Å². The van der Waals surface area contributed by atoms with Gasteiger partial charge < -0.3 is 4.74 Å². The van der Waals surface area contributed by atoms with E-state index in [4.69, 9.17) is 4.74 Å². The van der Waals surface area contributed by atoms with E-state index in [0.29, 0.717) is 11.9 Å². The molecule has 0 saturated heterocycles. The lowest BCUT2D eigenvalue weighted by Crippen LogP contribution is -2.12. The Morgan fingerprint density at radius 3 is 2.82 bits per heavy atom. The lowest BCUT2D eigenvalue weighted by molar-refractivity contribution is 0.330. The summed E-state index contributed by atoms with van der Waals surface area (Å²) in [7, 11) is 1.63. The molecule has 0 radical (unpaired) electrons. The second kappa shape index (κ2) is 4.35. The fraction of sp³-hybridized carbons (Fsp3) is 0.538. The highest BCUT2D eigenvalue weighted by Crippen LogP contribution is 2.28. The number of hydrogen-bond acceptors (Lipinski definition) is 3. The van der Waals surface area contributed by atoms with Gasteiger partial charge in [-0.05, 0) is 18.9 Å². The molecule has 0 spiro atoms. The van der Waals surface area contributed by atoms with Crippen LogP contribution in [0.25, 0.3) is 11.0 Å². The molecule has 0 unspecified atom stereocenters. The van der Waals surface area contributed by atoms with Gasteiger partial charge in [-0.1, -0.05) is 19.3 Å². The van der Waals surface area contributed by atoms with E-state index >= 15 is 0 Å². The first kappa shape index (κ1) is 10.6. The molecule has 4 nitrogen and oxygen atoms in total. The number of rotatable bonds is 2. The minimum atomic E-state index is 0.559. The maximum atomic E-state index is 5.12. The van der Waals surface area contributed by atoms with Crippen molar-refractivity contribution in [1.29, 1.82) is 0 Å². The molecule has 4 heteroatoms. The lowest BCUT2D eigenvalue weighted by atomic mass is 9.96. The SMILES string of the molecule is COc1ccc2cn(C3CCCCC3)nc2n1.